The van der Waals surface area contributed by atoms with Crippen LogP contribution in [0.1, 0.15) is 5.56 Å². The van der Waals surface area contributed by atoms with Gasteiger partial charge in [-0.3, -0.25) is 10.1 Å². The van der Waals surface area contributed by atoms with Crippen LogP contribution >= 0.6 is 23.2 Å². The Morgan fingerprint density at radius 1 is 1.29 bits per heavy atom. The zero-order valence-electron chi connectivity index (χ0n) is 8.51. The molecule has 5 nitrogen and oxygen atoms in total. The molecule has 0 unspecified atom stereocenters. The number of nitrogens with zero attached hydrogens (tertiary/aromatic N) is 3. The molecule has 0 aliphatic rings. The zero-order valence-corrected chi connectivity index (χ0v) is 10.0. The van der Waals surface area contributed by atoms with E-state index in [1.807, 2.05) is 0 Å². The van der Waals surface area contributed by atoms with Gasteiger partial charge in [-0.2, -0.15) is 0 Å². The Bertz CT molecular complexity index is 551. The molecule has 0 N–H and O–H groups in total. The quantitative estimate of drug-likeness (QED) is 0.637. The Kier molecular flexibility index (Phi) is 3.31. The van der Waals surface area contributed by atoms with Crippen molar-refractivity contribution in [3.8, 4) is 0 Å². The normalized spacial score (nSPS) is 10.5. The summed E-state index contributed by atoms with van der Waals surface area (Å²) in [7, 11) is 0. The number of benzene rings is 1. The van der Waals surface area contributed by atoms with Crippen molar-refractivity contribution in [1.29, 1.82) is 0 Å². The van der Waals surface area contributed by atoms with Crippen molar-refractivity contribution in [2.45, 2.75) is 6.54 Å². The first-order chi connectivity index (χ1) is 8.08. The van der Waals surface area contributed by atoms with Crippen molar-refractivity contribution in [2.75, 3.05) is 0 Å². The van der Waals surface area contributed by atoms with E-state index in [1.54, 1.807) is 16.7 Å². The van der Waals surface area contributed by atoms with Crippen LogP contribution in [0.5, 0.6) is 0 Å². The smallest absolute Gasteiger partial charge is 0.269 e. The van der Waals surface area contributed by atoms with Crippen molar-refractivity contribution < 1.29 is 4.92 Å². The third kappa shape index (κ3) is 2.57. The molecule has 1 aromatic heterocycles. The summed E-state index contributed by atoms with van der Waals surface area (Å²) in [6.07, 6.45) is 1.52. The van der Waals surface area contributed by atoms with E-state index in [9.17, 15) is 10.1 Å². The molecular weight excluding hydrogens is 265 g/mol. The highest BCUT2D eigenvalue weighted by molar-refractivity contribution is 6.40. The molecule has 0 fully saturated rings. The van der Waals surface area contributed by atoms with Gasteiger partial charge in [-0.15, -0.1) is 0 Å². The average Bonchev–Trinajstić information content (AvgIpc) is 2.62. The number of hydrogen-bond acceptors (Lipinski definition) is 3. The van der Waals surface area contributed by atoms with Crippen LogP contribution in [0.4, 0.5) is 5.69 Å². The number of rotatable bonds is 3. The Morgan fingerprint density at radius 2 is 1.94 bits per heavy atom. The molecule has 7 heteroatoms. The van der Waals surface area contributed by atoms with Gasteiger partial charge < -0.3 is 4.57 Å². The zero-order chi connectivity index (χ0) is 12.4. The standard InChI is InChI=1S/C10H7Cl2N3O2/c11-9-10(12)14(6-13-9)5-7-1-3-8(4-2-7)15(16)17/h1-4,6H,5H2. The third-order valence-corrected chi connectivity index (χ3v) is 3.00. The second-order valence-electron chi connectivity index (χ2n) is 3.38. The maximum absolute atomic E-state index is 10.5. The number of non-ortho nitro benzene ring substituents is 1. The van der Waals surface area contributed by atoms with Crippen molar-refractivity contribution in [2.24, 2.45) is 0 Å². The molecule has 2 rings (SSSR count). The number of aromatic nitrogens is 2. The predicted octanol–water partition coefficient (Wildman–Crippen LogP) is 3.15. The van der Waals surface area contributed by atoms with E-state index >= 15 is 0 Å². The molecule has 0 bridgehead atoms. The molecule has 0 amide bonds. The minimum Gasteiger partial charge on any atom is -0.316 e. The molecule has 1 aromatic carbocycles. The van der Waals surface area contributed by atoms with Crippen LogP contribution in [0.3, 0.4) is 0 Å². The second-order valence-corrected chi connectivity index (χ2v) is 4.09. The van der Waals surface area contributed by atoms with Gasteiger partial charge in [-0.05, 0) is 5.56 Å². The lowest BCUT2D eigenvalue weighted by Gasteiger charge is -2.03. The molecule has 0 saturated heterocycles. The van der Waals surface area contributed by atoms with Gasteiger partial charge >= 0.3 is 0 Å². The summed E-state index contributed by atoms with van der Waals surface area (Å²) in [4.78, 5) is 13.9. The highest BCUT2D eigenvalue weighted by atomic mass is 35.5. The number of hydrogen-bond donors (Lipinski definition) is 0. The lowest BCUT2D eigenvalue weighted by atomic mass is 10.2. The van der Waals surface area contributed by atoms with Crippen LogP contribution in [0.15, 0.2) is 30.6 Å². The van der Waals surface area contributed by atoms with Crippen LogP contribution in [-0.2, 0) is 6.54 Å². The fraction of sp³-hybridized carbons (Fsp3) is 0.100. The molecule has 0 aliphatic heterocycles. The number of imidazole rings is 1. The second kappa shape index (κ2) is 4.73. The van der Waals surface area contributed by atoms with E-state index in [-0.39, 0.29) is 10.8 Å². The van der Waals surface area contributed by atoms with Gasteiger partial charge in [0.2, 0.25) is 0 Å². The highest BCUT2D eigenvalue weighted by Gasteiger charge is 2.08. The van der Waals surface area contributed by atoms with Gasteiger partial charge in [-0.25, -0.2) is 4.98 Å². The van der Waals surface area contributed by atoms with E-state index in [1.165, 1.54) is 18.5 Å². The fourth-order valence-corrected chi connectivity index (χ4v) is 1.68. The van der Waals surface area contributed by atoms with E-state index in [0.717, 1.165) is 5.56 Å². The van der Waals surface area contributed by atoms with Crippen molar-refractivity contribution in [3.63, 3.8) is 0 Å². The summed E-state index contributed by atoms with van der Waals surface area (Å²) in [6.45, 7) is 0.469. The van der Waals surface area contributed by atoms with Gasteiger partial charge in [0.25, 0.3) is 5.69 Å². The van der Waals surface area contributed by atoms with Crippen molar-refractivity contribution in [3.05, 3.63) is 56.6 Å². The van der Waals surface area contributed by atoms with E-state index in [2.05, 4.69) is 4.98 Å². The monoisotopic (exact) mass is 271 g/mol. The first-order valence-electron chi connectivity index (χ1n) is 4.67. The summed E-state index contributed by atoms with van der Waals surface area (Å²) in [6, 6.07) is 6.23. The Hall–Kier alpha value is -1.59. The predicted molar refractivity (Wildman–Crippen MR) is 64.4 cm³/mol. The van der Waals surface area contributed by atoms with Gasteiger partial charge in [0, 0.05) is 18.7 Å². The maximum atomic E-state index is 10.5. The topological polar surface area (TPSA) is 61.0 Å². The van der Waals surface area contributed by atoms with Gasteiger partial charge in [0.15, 0.2) is 5.15 Å². The van der Waals surface area contributed by atoms with Crippen LogP contribution in [0, 0.1) is 10.1 Å². The number of halogens is 2. The van der Waals surface area contributed by atoms with E-state index in [4.69, 9.17) is 23.2 Å². The Labute approximate surface area is 107 Å². The largest absolute Gasteiger partial charge is 0.316 e. The van der Waals surface area contributed by atoms with Crippen molar-refractivity contribution >= 4 is 28.9 Å². The molecule has 0 aliphatic carbocycles. The molecule has 0 radical (unpaired) electrons. The minimum absolute atomic E-state index is 0.0588. The van der Waals surface area contributed by atoms with E-state index < -0.39 is 4.92 Å². The molecule has 17 heavy (non-hydrogen) atoms. The molecule has 0 spiro atoms. The number of nitro benzene ring substituents is 1. The van der Waals surface area contributed by atoms with Crippen LogP contribution in [-0.4, -0.2) is 14.5 Å². The Balaban J connectivity index is 2.19. The fourth-order valence-electron chi connectivity index (χ4n) is 1.37. The van der Waals surface area contributed by atoms with Gasteiger partial charge in [0.1, 0.15) is 5.15 Å². The number of nitro groups is 1. The molecule has 1 heterocycles. The Morgan fingerprint density at radius 3 is 2.41 bits per heavy atom. The van der Waals surface area contributed by atoms with E-state index in [0.29, 0.717) is 11.7 Å². The molecule has 0 saturated carbocycles. The van der Waals surface area contributed by atoms with Crippen molar-refractivity contribution in [1.82, 2.24) is 9.55 Å². The summed E-state index contributed by atoms with van der Waals surface area (Å²) in [5.74, 6) is 0. The lowest BCUT2D eigenvalue weighted by Crippen LogP contribution is -1.98. The average molecular weight is 272 g/mol. The molecule has 88 valence electrons. The van der Waals surface area contributed by atoms with Crippen LogP contribution < -0.4 is 0 Å². The maximum Gasteiger partial charge on any atom is 0.269 e. The first kappa shape index (κ1) is 11.9. The summed E-state index contributed by atoms with van der Waals surface area (Å²) in [5, 5.41) is 11.1. The molecule has 0 atom stereocenters. The molecule has 2 aromatic rings. The SMILES string of the molecule is O=[N+]([O-])c1ccc(Cn2cnc(Cl)c2Cl)cc1. The summed E-state index contributed by atoms with van der Waals surface area (Å²) < 4.78 is 1.66. The summed E-state index contributed by atoms with van der Waals surface area (Å²) in [5.41, 5.74) is 0.940. The first-order valence-corrected chi connectivity index (χ1v) is 5.43. The molecular formula is C10H7Cl2N3O2. The third-order valence-electron chi connectivity index (χ3n) is 2.23. The highest BCUT2D eigenvalue weighted by Crippen LogP contribution is 2.21. The minimum atomic E-state index is -0.440. The lowest BCUT2D eigenvalue weighted by molar-refractivity contribution is -0.384. The summed E-state index contributed by atoms with van der Waals surface area (Å²) >= 11 is 11.6. The van der Waals surface area contributed by atoms with Crippen LogP contribution in [0.2, 0.25) is 10.3 Å². The van der Waals surface area contributed by atoms with Crippen LogP contribution in [0.25, 0.3) is 0 Å². The van der Waals surface area contributed by atoms with Gasteiger partial charge in [-0.1, -0.05) is 35.3 Å². The van der Waals surface area contributed by atoms with Gasteiger partial charge in [0.05, 0.1) is 11.3 Å².